The molecule has 0 fully saturated rings. The molecule has 0 saturated heterocycles. The van der Waals surface area contributed by atoms with E-state index in [-0.39, 0.29) is 23.8 Å². The topological polar surface area (TPSA) is 98.3 Å². The summed E-state index contributed by atoms with van der Waals surface area (Å²) in [6.45, 7) is 7.75. The van der Waals surface area contributed by atoms with Crippen molar-refractivity contribution in [1.29, 1.82) is 0 Å². The van der Waals surface area contributed by atoms with Crippen molar-refractivity contribution in [3.8, 4) is 5.75 Å². The number of nitrogens with zero attached hydrogens (tertiary/aromatic N) is 2. The summed E-state index contributed by atoms with van der Waals surface area (Å²) in [5.74, 6) is -0.0261. The first kappa shape index (κ1) is 16.7. The first-order valence-electron chi connectivity index (χ1n) is 7.39. The molecule has 0 unspecified atom stereocenters. The van der Waals surface area contributed by atoms with Gasteiger partial charge in [0.25, 0.3) is 0 Å². The molecule has 0 amide bonds. The molecule has 122 valence electrons. The predicted octanol–water partition coefficient (Wildman–Crippen LogP) is 3.08. The lowest BCUT2D eigenvalue weighted by atomic mass is 10.0. The van der Waals surface area contributed by atoms with E-state index < -0.39 is 5.97 Å². The number of rotatable bonds is 5. The molecular formula is C17H21N3O3. The predicted molar refractivity (Wildman–Crippen MR) is 87.7 cm³/mol. The van der Waals surface area contributed by atoms with E-state index in [0.717, 1.165) is 16.9 Å². The SMILES string of the molecule is Cc1ccc(C(C)C)c(OCc2nc(N)nc(C)c2C(=O)O)c1. The fourth-order valence-corrected chi connectivity index (χ4v) is 2.43. The van der Waals surface area contributed by atoms with Crippen molar-refractivity contribution >= 4 is 11.9 Å². The molecule has 0 aliphatic carbocycles. The standard InChI is InChI=1S/C17H21N3O3/c1-9(2)12-6-5-10(3)7-14(12)23-8-13-15(16(21)22)11(4)19-17(18)20-13/h5-7,9H,8H2,1-4H3,(H,21,22)(H2,18,19,20). The largest absolute Gasteiger partial charge is 0.487 e. The highest BCUT2D eigenvalue weighted by molar-refractivity contribution is 5.90. The Bertz CT molecular complexity index is 742. The van der Waals surface area contributed by atoms with Gasteiger partial charge in [-0.2, -0.15) is 0 Å². The third-order valence-electron chi connectivity index (χ3n) is 3.55. The van der Waals surface area contributed by atoms with E-state index in [4.69, 9.17) is 10.5 Å². The second-order valence-corrected chi connectivity index (χ2v) is 5.78. The number of carboxylic acids is 1. The van der Waals surface area contributed by atoms with Crippen molar-refractivity contribution in [2.24, 2.45) is 0 Å². The zero-order valence-corrected chi connectivity index (χ0v) is 13.8. The Balaban J connectivity index is 2.35. The summed E-state index contributed by atoms with van der Waals surface area (Å²) in [6, 6.07) is 5.98. The minimum Gasteiger partial charge on any atom is -0.487 e. The lowest BCUT2D eigenvalue weighted by molar-refractivity contribution is 0.0691. The minimum atomic E-state index is -1.09. The molecule has 0 spiro atoms. The number of carbonyl (C=O) groups is 1. The molecule has 0 radical (unpaired) electrons. The lowest BCUT2D eigenvalue weighted by Gasteiger charge is -2.16. The molecule has 2 aromatic rings. The number of nitrogens with two attached hydrogens (primary N) is 1. The van der Waals surface area contributed by atoms with Crippen LogP contribution in [0.5, 0.6) is 5.75 Å². The number of carboxylic acid groups (broad SMARTS) is 1. The summed E-state index contributed by atoms with van der Waals surface area (Å²) in [7, 11) is 0. The van der Waals surface area contributed by atoms with Crippen LogP contribution in [0.15, 0.2) is 18.2 Å². The molecule has 23 heavy (non-hydrogen) atoms. The van der Waals surface area contributed by atoms with E-state index in [0.29, 0.717) is 11.6 Å². The first-order valence-corrected chi connectivity index (χ1v) is 7.39. The summed E-state index contributed by atoms with van der Waals surface area (Å²) in [5.41, 5.74) is 8.41. The molecular weight excluding hydrogens is 294 g/mol. The number of benzene rings is 1. The van der Waals surface area contributed by atoms with Gasteiger partial charge < -0.3 is 15.6 Å². The third-order valence-corrected chi connectivity index (χ3v) is 3.55. The average Bonchev–Trinajstić information content (AvgIpc) is 2.43. The number of aryl methyl sites for hydroxylation is 2. The maximum Gasteiger partial charge on any atom is 0.339 e. The summed E-state index contributed by atoms with van der Waals surface area (Å²) in [6.07, 6.45) is 0. The van der Waals surface area contributed by atoms with Crippen molar-refractivity contribution in [3.63, 3.8) is 0 Å². The minimum absolute atomic E-state index is 0.0262. The van der Waals surface area contributed by atoms with Crippen LogP contribution in [0.25, 0.3) is 0 Å². The third kappa shape index (κ3) is 3.77. The second-order valence-electron chi connectivity index (χ2n) is 5.78. The summed E-state index contributed by atoms with van der Waals surface area (Å²) < 4.78 is 5.86. The van der Waals surface area contributed by atoms with Crippen LogP contribution in [-0.2, 0) is 6.61 Å². The van der Waals surface area contributed by atoms with Crippen LogP contribution in [0.4, 0.5) is 5.95 Å². The van der Waals surface area contributed by atoms with Gasteiger partial charge in [0.05, 0.1) is 11.4 Å². The number of aromatic nitrogens is 2. The van der Waals surface area contributed by atoms with Crippen LogP contribution in [-0.4, -0.2) is 21.0 Å². The van der Waals surface area contributed by atoms with E-state index in [1.54, 1.807) is 6.92 Å². The van der Waals surface area contributed by atoms with Gasteiger partial charge in [0.15, 0.2) is 0 Å². The number of anilines is 1. The van der Waals surface area contributed by atoms with Gasteiger partial charge in [-0.3, -0.25) is 0 Å². The van der Waals surface area contributed by atoms with Gasteiger partial charge in [0, 0.05) is 0 Å². The maximum atomic E-state index is 11.4. The molecule has 0 aliphatic rings. The van der Waals surface area contributed by atoms with Crippen LogP contribution < -0.4 is 10.5 Å². The maximum absolute atomic E-state index is 11.4. The summed E-state index contributed by atoms with van der Waals surface area (Å²) in [5, 5.41) is 9.35. The van der Waals surface area contributed by atoms with Gasteiger partial charge in [-0.25, -0.2) is 14.8 Å². The Labute approximate surface area is 135 Å². The van der Waals surface area contributed by atoms with E-state index in [1.807, 2.05) is 25.1 Å². The molecule has 0 saturated carbocycles. The fourth-order valence-electron chi connectivity index (χ4n) is 2.43. The number of hydrogen-bond donors (Lipinski definition) is 2. The van der Waals surface area contributed by atoms with Crippen molar-refractivity contribution < 1.29 is 14.6 Å². The van der Waals surface area contributed by atoms with Crippen molar-refractivity contribution in [1.82, 2.24) is 9.97 Å². The molecule has 1 aromatic heterocycles. The number of aromatic carboxylic acids is 1. The first-order chi connectivity index (χ1) is 10.8. The zero-order valence-electron chi connectivity index (χ0n) is 13.8. The van der Waals surface area contributed by atoms with Crippen LogP contribution in [0, 0.1) is 13.8 Å². The Morgan fingerprint density at radius 3 is 2.61 bits per heavy atom. The van der Waals surface area contributed by atoms with Gasteiger partial charge >= 0.3 is 5.97 Å². The van der Waals surface area contributed by atoms with Gasteiger partial charge in [-0.05, 0) is 37.0 Å². The molecule has 1 aromatic carbocycles. The molecule has 2 rings (SSSR count). The molecule has 1 heterocycles. The molecule has 3 N–H and O–H groups in total. The van der Waals surface area contributed by atoms with Crippen LogP contribution >= 0.6 is 0 Å². The number of ether oxygens (including phenoxy) is 1. The smallest absolute Gasteiger partial charge is 0.339 e. The Kier molecular flexibility index (Phi) is 4.83. The fraction of sp³-hybridized carbons (Fsp3) is 0.353. The monoisotopic (exact) mass is 315 g/mol. The highest BCUT2D eigenvalue weighted by Gasteiger charge is 2.18. The second kappa shape index (κ2) is 6.64. The van der Waals surface area contributed by atoms with Crippen LogP contribution in [0.2, 0.25) is 0 Å². The Morgan fingerprint density at radius 1 is 1.30 bits per heavy atom. The van der Waals surface area contributed by atoms with Gasteiger partial charge in [-0.1, -0.05) is 26.0 Å². The highest BCUT2D eigenvalue weighted by Crippen LogP contribution is 2.28. The average molecular weight is 315 g/mol. The highest BCUT2D eigenvalue weighted by atomic mass is 16.5. The van der Waals surface area contributed by atoms with E-state index in [1.165, 1.54) is 0 Å². The lowest BCUT2D eigenvalue weighted by Crippen LogP contribution is -2.14. The number of hydrogen-bond acceptors (Lipinski definition) is 5. The quantitative estimate of drug-likeness (QED) is 0.879. The zero-order chi connectivity index (χ0) is 17.1. The van der Waals surface area contributed by atoms with Crippen molar-refractivity contribution in [2.45, 2.75) is 40.2 Å². The Hall–Kier alpha value is -2.63. The van der Waals surface area contributed by atoms with E-state index in [2.05, 4.69) is 23.8 Å². The van der Waals surface area contributed by atoms with Crippen LogP contribution in [0.3, 0.4) is 0 Å². The normalized spacial score (nSPS) is 10.8. The van der Waals surface area contributed by atoms with Gasteiger partial charge in [0.1, 0.15) is 17.9 Å². The molecule has 0 bridgehead atoms. The van der Waals surface area contributed by atoms with Crippen LogP contribution in [0.1, 0.15) is 52.6 Å². The van der Waals surface area contributed by atoms with Crippen molar-refractivity contribution in [2.75, 3.05) is 5.73 Å². The van der Waals surface area contributed by atoms with Gasteiger partial charge in [-0.15, -0.1) is 0 Å². The molecule has 6 heteroatoms. The molecule has 6 nitrogen and oxygen atoms in total. The van der Waals surface area contributed by atoms with Gasteiger partial charge in [0.2, 0.25) is 5.95 Å². The molecule has 0 aliphatic heterocycles. The van der Waals surface area contributed by atoms with Crippen molar-refractivity contribution in [3.05, 3.63) is 46.3 Å². The Morgan fingerprint density at radius 2 is 2.00 bits per heavy atom. The summed E-state index contributed by atoms with van der Waals surface area (Å²) in [4.78, 5) is 19.3. The van der Waals surface area contributed by atoms with E-state index >= 15 is 0 Å². The summed E-state index contributed by atoms with van der Waals surface area (Å²) >= 11 is 0. The van der Waals surface area contributed by atoms with E-state index in [9.17, 15) is 9.90 Å². The number of nitrogen functional groups attached to an aromatic ring is 1. The molecule has 0 atom stereocenters.